The fraction of sp³-hybridized carbons (Fsp3) is 0.190. The summed E-state index contributed by atoms with van der Waals surface area (Å²) in [5.41, 5.74) is 0.451. The predicted molar refractivity (Wildman–Crippen MR) is 102 cm³/mol. The van der Waals surface area contributed by atoms with Crippen molar-refractivity contribution in [2.45, 2.75) is 25.9 Å². The molecule has 136 valence electrons. The Kier molecular flexibility index (Phi) is 5.23. The lowest BCUT2D eigenvalue weighted by Crippen LogP contribution is -2.34. The first-order valence-corrected chi connectivity index (χ1v) is 8.62. The maximum absolute atomic E-state index is 12.9. The molecule has 6 nitrogen and oxygen atoms in total. The maximum Gasteiger partial charge on any atom is 0.267 e. The van der Waals surface area contributed by atoms with Crippen LogP contribution in [0.1, 0.15) is 35.3 Å². The average molecular weight is 361 g/mol. The second-order valence-electron chi connectivity index (χ2n) is 6.21. The minimum Gasteiger partial charge on any atom is -0.506 e. The highest BCUT2D eigenvalue weighted by molar-refractivity contribution is 6.02. The van der Waals surface area contributed by atoms with Crippen molar-refractivity contribution >= 4 is 16.8 Å². The van der Waals surface area contributed by atoms with Gasteiger partial charge in [-0.15, -0.1) is 0 Å². The van der Waals surface area contributed by atoms with Gasteiger partial charge in [0.05, 0.1) is 24.0 Å². The van der Waals surface area contributed by atoms with E-state index >= 15 is 0 Å². The third-order valence-electron chi connectivity index (χ3n) is 4.47. The molecule has 6 heteroatoms. The lowest BCUT2D eigenvalue weighted by atomic mass is 10.1. The summed E-state index contributed by atoms with van der Waals surface area (Å²) >= 11 is 0. The first-order valence-electron chi connectivity index (χ1n) is 8.62. The number of aromatic nitrogens is 1. The number of fused-ring (bicyclic) bond motifs is 1. The molecule has 0 radical (unpaired) electrons. The zero-order valence-corrected chi connectivity index (χ0v) is 14.8. The van der Waals surface area contributed by atoms with Crippen LogP contribution < -0.4 is 10.9 Å². The van der Waals surface area contributed by atoms with Crippen molar-refractivity contribution in [3.63, 3.8) is 0 Å². The Labute approximate surface area is 156 Å². The maximum atomic E-state index is 12.9. The molecule has 0 spiro atoms. The van der Waals surface area contributed by atoms with Gasteiger partial charge >= 0.3 is 0 Å². The van der Waals surface area contributed by atoms with E-state index in [4.69, 9.17) is 5.26 Å². The quantitative estimate of drug-likeness (QED) is 0.730. The number of nitriles is 1. The summed E-state index contributed by atoms with van der Waals surface area (Å²) in [4.78, 5) is 25.7. The second-order valence-corrected chi connectivity index (χ2v) is 6.21. The van der Waals surface area contributed by atoms with E-state index in [9.17, 15) is 14.7 Å². The molecule has 1 amide bonds. The lowest BCUT2D eigenvalue weighted by Gasteiger charge is -2.17. The fourth-order valence-corrected chi connectivity index (χ4v) is 3.07. The summed E-state index contributed by atoms with van der Waals surface area (Å²) in [6.07, 6.45) is 0.121. The van der Waals surface area contributed by atoms with Gasteiger partial charge in [0.15, 0.2) is 0 Å². The number of hydrogen-bond acceptors (Lipinski definition) is 4. The Morgan fingerprint density at radius 1 is 1.19 bits per heavy atom. The van der Waals surface area contributed by atoms with Crippen molar-refractivity contribution < 1.29 is 9.90 Å². The van der Waals surface area contributed by atoms with Gasteiger partial charge in [-0.2, -0.15) is 5.26 Å². The van der Waals surface area contributed by atoms with Gasteiger partial charge in [0.1, 0.15) is 11.3 Å². The number of carbonyl (C=O) groups excluding carboxylic acids is 1. The van der Waals surface area contributed by atoms with Crippen LogP contribution in [0.5, 0.6) is 5.75 Å². The number of pyridine rings is 1. The van der Waals surface area contributed by atoms with E-state index < -0.39 is 11.5 Å². The molecule has 0 aliphatic rings. The molecule has 27 heavy (non-hydrogen) atoms. The number of amides is 1. The molecule has 3 aromatic rings. The molecule has 2 aromatic carbocycles. The van der Waals surface area contributed by atoms with Crippen molar-refractivity contribution in [1.29, 1.82) is 5.26 Å². The lowest BCUT2D eigenvalue weighted by molar-refractivity contribution is 0.0935. The van der Waals surface area contributed by atoms with Crippen LogP contribution in [-0.2, 0) is 6.54 Å². The normalized spacial score (nSPS) is 11.7. The molecule has 0 aliphatic carbocycles. The van der Waals surface area contributed by atoms with Crippen molar-refractivity contribution in [3.05, 3.63) is 76.1 Å². The fourth-order valence-electron chi connectivity index (χ4n) is 3.07. The Balaban J connectivity index is 2.07. The first-order chi connectivity index (χ1) is 13.0. The van der Waals surface area contributed by atoms with Crippen LogP contribution in [0.4, 0.5) is 0 Å². The topological polar surface area (TPSA) is 95.1 Å². The van der Waals surface area contributed by atoms with E-state index in [0.717, 1.165) is 5.56 Å². The van der Waals surface area contributed by atoms with Crippen LogP contribution in [0.3, 0.4) is 0 Å². The number of para-hydroxylation sites is 1. The number of aromatic hydroxyl groups is 1. The van der Waals surface area contributed by atoms with Gasteiger partial charge in [0, 0.05) is 11.9 Å². The number of rotatable bonds is 5. The van der Waals surface area contributed by atoms with Crippen molar-refractivity contribution in [2.24, 2.45) is 0 Å². The van der Waals surface area contributed by atoms with E-state index in [0.29, 0.717) is 10.9 Å². The molecule has 0 aliphatic heterocycles. The van der Waals surface area contributed by atoms with Gasteiger partial charge in [0.2, 0.25) is 0 Å². The van der Waals surface area contributed by atoms with Crippen molar-refractivity contribution in [1.82, 2.24) is 9.88 Å². The molecule has 0 bridgehead atoms. The summed E-state index contributed by atoms with van der Waals surface area (Å²) in [5.74, 6) is -0.994. The minimum atomic E-state index is -0.648. The highest BCUT2D eigenvalue weighted by atomic mass is 16.3. The summed E-state index contributed by atoms with van der Waals surface area (Å²) in [7, 11) is 0. The highest BCUT2D eigenvalue weighted by Gasteiger charge is 2.23. The van der Waals surface area contributed by atoms with Crippen molar-refractivity contribution in [2.75, 3.05) is 0 Å². The third kappa shape index (κ3) is 3.53. The number of hydrogen-bond donors (Lipinski definition) is 2. The number of carbonyl (C=O) groups is 1. The monoisotopic (exact) mass is 361 g/mol. The Hall–Kier alpha value is -3.59. The molecule has 1 heterocycles. The van der Waals surface area contributed by atoms with Crippen LogP contribution in [0.25, 0.3) is 10.9 Å². The molecule has 1 aromatic heterocycles. The molecule has 2 N–H and O–H groups in total. The zero-order chi connectivity index (χ0) is 19.4. The van der Waals surface area contributed by atoms with Crippen LogP contribution >= 0.6 is 0 Å². The van der Waals surface area contributed by atoms with E-state index in [2.05, 4.69) is 5.32 Å². The van der Waals surface area contributed by atoms with Gasteiger partial charge in [-0.3, -0.25) is 9.59 Å². The number of nitrogens with one attached hydrogen (secondary N) is 1. The van der Waals surface area contributed by atoms with Gasteiger partial charge in [-0.1, -0.05) is 42.5 Å². The number of aryl methyl sites for hydroxylation is 1. The SMILES string of the molecule is C[C@H](NC(=O)c1c(O)c2ccccc2n(CCC#N)c1=O)c1ccccc1. The van der Waals surface area contributed by atoms with Gasteiger partial charge < -0.3 is 15.0 Å². The molecule has 3 rings (SSSR count). The first kappa shape index (κ1) is 18.2. The second kappa shape index (κ2) is 7.75. The zero-order valence-electron chi connectivity index (χ0n) is 14.8. The van der Waals surface area contributed by atoms with Crippen LogP contribution in [0, 0.1) is 11.3 Å². The Morgan fingerprint density at radius 3 is 2.56 bits per heavy atom. The highest BCUT2D eigenvalue weighted by Crippen LogP contribution is 2.26. The largest absolute Gasteiger partial charge is 0.506 e. The van der Waals surface area contributed by atoms with Crippen LogP contribution in [0.2, 0.25) is 0 Å². The predicted octanol–water partition coefficient (Wildman–Crippen LogP) is 3.11. The van der Waals surface area contributed by atoms with Gasteiger partial charge in [-0.25, -0.2) is 0 Å². The smallest absolute Gasteiger partial charge is 0.267 e. The summed E-state index contributed by atoms with van der Waals surface area (Å²) in [5, 5.41) is 22.6. The molecule has 0 fully saturated rings. The molecular formula is C21H19N3O3. The van der Waals surface area contributed by atoms with E-state index in [1.165, 1.54) is 4.57 Å². The average Bonchev–Trinajstić information content (AvgIpc) is 2.68. The molecule has 0 saturated carbocycles. The molecule has 0 unspecified atom stereocenters. The van der Waals surface area contributed by atoms with Crippen molar-refractivity contribution in [3.8, 4) is 11.8 Å². The summed E-state index contributed by atoms with van der Waals surface area (Å²) in [6.45, 7) is 1.95. The standard InChI is InChI=1S/C21H19N3O3/c1-14(15-8-3-2-4-9-15)23-20(26)18-19(25)16-10-5-6-11-17(16)24(21(18)27)13-7-12-22/h2-6,8-11,14,25H,7,13H2,1H3,(H,23,26)/t14-/m0/s1. The Bertz CT molecular complexity index is 1080. The van der Waals surface area contributed by atoms with Crippen LogP contribution in [0.15, 0.2) is 59.4 Å². The summed E-state index contributed by atoms with van der Waals surface area (Å²) < 4.78 is 1.36. The molecular weight excluding hydrogens is 342 g/mol. The van der Waals surface area contributed by atoms with Gasteiger partial charge in [0.25, 0.3) is 11.5 Å². The Morgan fingerprint density at radius 2 is 1.85 bits per heavy atom. The molecule has 0 saturated heterocycles. The summed E-state index contributed by atoms with van der Waals surface area (Å²) in [6, 6.07) is 17.8. The van der Waals surface area contributed by atoms with E-state index in [1.807, 2.05) is 36.4 Å². The minimum absolute atomic E-state index is 0.121. The number of benzene rings is 2. The van der Waals surface area contributed by atoms with E-state index in [-0.39, 0.29) is 30.3 Å². The van der Waals surface area contributed by atoms with Gasteiger partial charge in [-0.05, 0) is 24.6 Å². The third-order valence-corrected chi connectivity index (χ3v) is 4.47. The molecule has 1 atom stereocenters. The number of nitrogens with zero attached hydrogens (tertiary/aromatic N) is 2. The van der Waals surface area contributed by atoms with Crippen LogP contribution in [-0.4, -0.2) is 15.6 Å². The van der Waals surface area contributed by atoms with E-state index in [1.54, 1.807) is 31.2 Å².